The summed E-state index contributed by atoms with van der Waals surface area (Å²) in [4.78, 5) is 36.5. The second-order valence-electron chi connectivity index (χ2n) is 11.2. The summed E-state index contributed by atoms with van der Waals surface area (Å²) in [6.07, 6.45) is 4.99. The van der Waals surface area contributed by atoms with E-state index in [4.69, 9.17) is 18.9 Å². The van der Waals surface area contributed by atoms with Crippen molar-refractivity contribution >= 4 is 17.9 Å². The predicted octanol–water partition coefficient (Wildman–Crippen LogP) is 3.26. The Balaban J connectivity index is 1.70. The van der Waals surface area contributed by atoms with Crippen LogP contribution in [0, 0.1) is 22.7 Å². The summed E-state index contributed by atoms with van der Waals surface area (Å²) in [6, 6.07) is 0. The molecule has 194 valence electrons. The smallest absolute Gasteiger partial charge is 0.336 e. The molecule has 0 amide bonds. The molecule has 35 heavy (non-hydrogen) atoms. The molecular weight excluding hydrogens is 452 g/mol. The van der Waals surface area contributed by atoms with Crippen molar-refractivity contribution in [3.63, 3.8) is 0 Å². The fraction of sp³-hybridized carbons (Fsp3) is 0.741. The van der Waals surface area contributed by atoms with Crippen LogP contribution < -0.4 is 0 Å². The average Bonchev–Trinajstić information content (AvgIpc) is 3.45. The average molecular weight is 491 g/mol. The van der Waals surface area contributed by atoms with Crippen LogP contribution >= 0.6 is 0 Å². The van der Waals surface area contributed by atoms with Crippen molar-refractivity contribution in [1.29, 1.82) is 0 Å². The van der Waals surface area contributed by atoms with Crippen LogP contribution in [0.2, 0.25) is 0 Å². The molecule has 0 aromatic heterocycles. The number of fused-ring (bicyclic) bond motifs is 2. The maximum Gasteiger partial charge on any atom is 0.336 e. The molecule has 0 aromatic rings. The number of aliphatic hydroxyl groups is 1. The molecule has 1 unspecified atom stereocenters. The number of carbonyl (C=O) groups is 3. The Morgan fingerprint density at radius 3 is 2.66 bits per heavy atom. The minimum absolute atomic E-state index is 0.00617. The maximum atomic E-state index is 12.7. The van der Waals surface area contributed by atoms with Gasteiger partial charge in [0, 0.05) is 13.0 Å². The SMILES string of the molecule is C=C(C(=O)OC[C@@]12[C@@H](OC(C)=O)C[C@@H](C)[C@](C)(CCC3=CC(=O)OC3)[C@H]1CCC[C@]21CO1)C(C)O. The number of ether oxygens (including phenoxy) is 4. The summed E-state index contributed by atoms with van der Waals surface area (Å²) >= 11 is 0. The van der Waals surface area contributed by atoms with E-state index in [1.165, 1.54) is 13.8 Å². The number of esters is 3. The zero-order valence-corrected chi connectivity index (χ0v) is 21.3. The summed E-state index contributed by atoms with van der Waals surface area (Å²) < 4.78 is 23.1. The Morgan fingerprint density at radius 2 is 2.09 bits per heavy atom. The lowest BCUT2D eigenvalue weighted by atomic mass is 9.43. The maximum absolute atomic E-state index is 12.7. The molecule has 4 aliphatic rings. The number of carbonyl (C=O) groups excluding carboxylic acids is 3. The van der Waals surface area contributed by atoms with Crippen LogP contribution in [0.5, 0.6) is 0 Å². The highest BCUT2D eigenvalue weighted by Gasteiger charge is 2.75. The van der Waals surface area contributed by atoms with Gasteiger partial charge in [0.05, 0.1) is 23.7 Å². The van der Waals surface area contributed by atoms with Gasteiger partial charge in [0.2, 0.25) is 0 Å². The van der Waals surface area contributed by atoms with E-state index < -0.39 is 29.2 Å². The molecule has 8 nitrogen and oxygen atoms in total. The fourth-order valence-electron chi connectivity index (χ4n) is 7.02. The van der Waals surface area contributed by atoms with Crippen molar-refractivity contribution in [2.24, 2.45) is 22.7 Å². The topological polar surface area (TPSA) is 112 Å². The second kappa shape index (κ2) is 9.36. The number of hydrogen-bond acceptors (Lipinski definition) is 8. The standard InChI is InChI=1S/C27H38O8/c1-16-11-22(35-19(4)29)27(15-33-24(31)17(2)18(3)28)21(7-6-9-26(27)14-34-26)25(16,5)10-8-20-12-23(30)32-13-20/h12,16,18,21-22,28H,2,6-11,13-15H2,1,3-5H3/t16-,18?,21-,22+,25+,26+,27+/m1/s1. The molecule has 2 aliphatic heterocycles. The van der Waals surface area contributed by atoms with Crippen molar-refractivity contribution in [3.8, 4) is 0 Å². The van der Waals surface area contributed by atoms with Crippen LogP contribution in [-0.4, -0.2) is 60.6 Å². The van der Waals surface area contributed by atoms with Gasteiger partial charge in [-0.2, -0.15) is 0 Å². The van der Waals surface area contributed by atoms with E-state index in [2.05, 4.69) is 20.4 Å². The lowest BCUT2D eigenvalue weighted by Crippen LogP contribution is -2.67. The fourth-order valence-corrected chi connectivity index (χ4v) is 7.02. The third-order valence-corrected chi connectivity index (χ3v) is 9.32. The van der Waals surface area contributed by atoms with E-state index in [1.54, 1.807) is 6.08 Å². The first-order chi connectivity index (χ1) is 16.4. The molecule has 4 rings (SSSR count). The molecule has 2 aliphatic carbocycles. The molecule has 1 saturated heterocycles. The largest absolute Gasteiger partial charge is 0.462 e. The van der Waals surface area contributed by atoms with Crippen LogP contribution in [0.15, 0.2) is 23.8 Å². The highest BCUT2D eigenvalue weighted by molar-refractivity contribution is 5.88. The molecule has 2 heterocycles. The van der Waals surface area contributed by atoms with Crippen molar-refractivity contribution in [1.82, 2.24) is 0 Å². The zero-order valence-electron chi connectivity index (χ0n) is 21.3. The molecule has 0 aromatic carbocycles. The van der Waals surface area contributed by atoms with Crippen molar-refractivity contribution in [2.75, 3.05) is 19.8 Å². The molecule has 8 heteroatoms. The van der Waals surface area contributed by atoms with E-state index >= 15 is 0 Å². The summed E-state index contributed by atoms with van der Waals surface area (Å²) in [5, 5.41) is 9.82. The van der Waals surface area contributed by atoms with Gasteiger partial charge in [-0.15, -0.1) is 0 Å². The molecule has 3 fully saturated rings. The highest BCUT2D eigenvalue weighted by atomic mass is 16.6. The van der Waals surface area contributed by atoms with Crippen molar-refractivity contribution < 1.29 is 38.4 Å². The van der Waals surface area contributed by atoms with Gasteiger partial charge in [0.15, 0.2) is 0 Å². The van der Waals surface area contributed by atoms with E-state index in [1.807, 2.05) is 0 Å². The van der Waals surface area contributed by atoms with Gasteiger partial charge in [0.1, 0.15) is 24.9 Å². The normalized spacial score (nSPS) is 38.7. The summed E-state index contributed by atoms with van der Waals surface area (Å²) in [5.41, 5.74) is -0.410. The van der Waals surface area contributed by atoms with E-state index in [-0.39, 0.29) is 41.4 Å². The van der Waals surface area contributed by atoms with E-state index in [9.17, 15) is 19.5 Å². The van der Waals surface area contributed by atoms with Gasteiger partial charge in [-0.25, -0.2) is 9.59 Å². The quantitative estimate of drug-likeness (QED) is 0.239. The molecule has 7 atom stereocenters. The number of rotatable bonds is 8. The van der Waals surface area contributed by atoms with E-state index in [0.717, 1.165) is 37.7 Å². The Bertz CT molecular complexity index is 931. The van der Waals surface area contributed by atoms with Crippen molar-refractivity contribution in [2.45, 2.75) is 84.0 Å². The van der Waals surface area contributed by atoms with Gasteiger partial charge in [0.25, 0.3) is 0 Å². The monoisotopic (exact) mass is 490 g/mol. The number of cyclic esters (lactones) is 1. The summed E-state index contributed by atoms with van der Waals surface area (Å²) in [6.45, 7) is 11.9. The first kappa shape index (κ1) is 25.9. The second-order valence-corrected chi connectivity index (χ2v) is 11.2. The van der Waals surface area contributed by atoms with E-state index in [0.29, 0.717) is 19.6 Å². The molecule has 1 spiro atoms. The van der Waals surface area contributed by atoms with Crippen molar-refractivity contribution in [3.05, 3.63) is 23.8 Å². The lowest BCUT2D eigenvalue weighted by Gasteiger charge is -2.63. The molecule has 2 saturated carbocycles. The highest BCUT2D eigenvalue weighted by Crippen LogP contribution is 2.69. The Hall–Kier alpha value is -2.19. The lowest BCUT2D eigenvalue weighted by molar-refractivity contribution is -0.228. The van der Waals surface area contributed by atoms with Crippen LogP contribution in [0.4, 0.5) is 0 Å². The van der Waals surface area contributed by atoms with Gasteiger partial charge in [-0.05, 0) is 61.9 Å². The molecule has 0 bridgehead atoms. The number of aliphatic hydroxyl groups excluding tert-OH is 1. The number of epoxide rings is 1. The van der Waals surface area contributed by atoms with Crippen LogP contribution in [0.1, 0.15) is 66.2 Å². The Morgan fingerprint density at radius 1 is 1.37 bits per heavy atom. The zero-order chi connectivity index (χ0) is 25.6. The van der Waals surface area contributed by atoms with Gasteiger partial charge in [-0.1, -0.05) is 26.8 Å². The Kier molecular flexibility index (Phi) is 6.92. The molecular formula is C27H38O8. The summed E-state index contributed by atoms with van der Waals surface area (Å²) in [5.74, 6) is -1.02. The molecule has 0 radical (unpaired) electrons. The van der Waals surface area contributed by atoms with Crippen LogP contribution in [-0.2, 0) is 33.3 Å². The number of hydrogen-bond donors (Lipinski definition) is 1. The predicted molar refractivity (Wildman–Crippen MR) is 126 cm³/mol. The minimum Gasteiger partial charge on any atom is -0.462 e. The Labute approximate surface area is 207 Å². The third kappa shape index (κ3) is 4.44. The minimum atomic E-state index is -1.01. The van der Waals surface area contributed by atoms with Crippen LogP contribution in [0.3, 0.4) is 0 Å². The first-order valence-electron chi connectivity index (χ1n) is 12.7. The third-order valence-electron chi connectivity index (χ3n) is 9.32. The summed E-state index contributed by atoms with van der Waals surface area (Å²) in [7, 11) is 0. The van der Waals surface area contributed by atoms with Gasteiger partial charge >= 0.3 is 17.9 Å². The van der Waals surface area contributed by atoms with Gasteiger partial charge in [-0.3, -0.25) is 4.79 Å². The molecule has 1 N–H and O–H groups in total. The van der Waals surface area contributed by atoms with Crippen LogP contribution in [0.25, 0.3) is 0 Å². The first-order valence-corrected chi connectivity index (χ1v) is 12.7. The van der Waals surface area contributed by atoms with Gasteiger partial charge < -0.3 is 24.1 Å².